The zero-order chi connectivity index (χ0) is 9.35. The number of hydrogen-bond acceptors (Lipinski definition) is 1. The molecule has 1 heteroatoms. The topological polar surface area (TPSA) is 20.2 Å². The second-order valence-corrected chi connectivity index (χ2v) is 4.15. The zero-order valence-corrected chi connectivity index (χ0v) is 8.10. The molecular formula is C11H15O. The highest BCUT2D eigenvalue weighted by atomic mass is 16.3. The predicted molar refractivity (Wildman–Crippen MR) is 50.4 cm³/mol. The first kappa shape index (κ1) is 9.11. The molecule has 1 aromatic carbocycles. The first-order valence-corrected chi connectivity index (χ1v) is 4.13. The molecule has 0 spiro atoms. The van der Waals surface area contributed by atoms with Gasteiger partial charge in [-0.05, 0) is 36.1 Å². The van der Waals surface area contributed by atoms with E-state index in [-0.39, 0.29) is 5.41 Å². The summed E-state index contributed by atoms with van der Waals surface area (Å²) in [7, 11) is 0. The Hall–Kier alpha value is -0.980. The summed E-state index contributed by atoms with van der Waals surface area (Å²) in [6.07, 6.45) is 0. The van der Waals surface area contributed by atoms with E-state index in [4.69, 9.17) is 0 Å². The molecule has 0 aliphatic heterocycles. The third-order valence-corrected chi connectivity index (χ3v) is 1.96. The smallest absolute Gasteiger partial charge is 0.122 e. The molecule has 0 atom stereocenters. The van der Waals surface area contributed by atoms with Gasteiger partial charge < -0.3 is 5.11 Å². The maximum atomic E-state index is 9.71. The average molecular weight is 163 g/mol. The Morgan fingerprint density at radius 3 is 2.25 bits per heavy atom. The van der Waals surface area contributed by atoms with Crippen molar-refractivity contribution in [3.8, 4) is 5.75 Å². The minimum absolute atomic E-state index is 0.00734. The van der Waals surface area contributed by atoms with Crippen molar-refractivity contribution < 1.29 is 5.11 Å². The second kappa shape index (κ2) is 2.81. The van der Waals surface area contributed by atoms with Crippen LogP contribution in [-0.4, -0.2) is 5.11 Å². The molecule has 0 aliphatic carbocycles. The molecule has 0 aromatic heterocycles. The Bertz CT molecular complexity index is 282. The monoisotopic (exact) mass is 163 g/mol. The number of phenolic OH excluding ortho intramolecular Hbond substituents is 1. The van der Waals surface area contributed by atoms with E-state index in [1.165, 1.54) is 0 Å². The van der Waals surface area contributed by atoms with E-state index in [0.717, 1.165) is 11.1 Å². The van der Waals surface area contributed by atoms with E-state index in [1.54, 1.807) is 6.07 Å². The lowest BCUT2D eigenvalue weighted by Crippen LogP contribution is -2.11. The minimum atomic E-state index is -0.00734. The van der Waals surface area contributed by atoms with Gasteiger partial charge in [0.2, 0.25) is 0 Å². The van der Waals surface area contributed by atoms with Crippen LogP contribution in [0.15, 0.2) is 12.1 Å². The fourth-order valence-corrected chi connectivity index (χ4v) is 1.17. The van der Waals surface area contributed by atoms with Crippen molar-refractivity contribution in [2.45, 2.75) is 33.1 Å². The molecule has 0 amide bonds. The molecule has 12 heavy (non-hydrogen) atoms. The summed E-state index contributed by atoms with van der Waals surface area (Å²) in [6, 6.07) is 6.66. The van der Waals surface area contributed by atoms with E-state index < -0.39 is 0 Å². The van der Waals surface area contributed by atoms with Gasteiger partial charge in [0.1, 0.15) is 5.75 Å². The molecule has 0 fully saturated rings. The third kappa shape index (κ3) is 1.60. The Labute approximate surface area is 74.1 Å². The summed E-state index contributed by atoms with van der Waals surface area (Å²) in [5.41, 5.74) is 1.84. The van der Waals surface area contributed by atoms with Crippen molar-refractivity contribution in [1.82, 2.24) is 0 Å². The van der Waals surface area contributed by atoms with Crippen LogP contribution in [0.3, 0.4) is 0 Å². The molecule has 0 unspecified atom stereocenters. The van der Waals surface area contributed by atoms with Gasteiger partial charge in [-0.1, -0.05) is 20.8 Å². The van der Waals surface area contributed by atoms with Gasteiger partial charge in [-0.25, -0.2) is 0 Å². The highest BCUT2D eigenvalue weighted by Gasteiger charge is 2.18. The van der Waals surface area contributed by atoms with Crippen LogP contribution in [0.1, 0.15) is 31.9 Å². The van der Waals surface area contributed by atoms with Crippen LogP contribution in [-0.2, 0) is 5.41 Å². The third-order valence-electron chi connectivity index (χ3n) is 1.96. The normalized spacial score (nSPS) is 11.7. The van der Waals surface area contributed by atoms with Gasteiger partial charge in [-0.2, -0.15) is 0 Å². The van der Waals surface area contributed by atoms with Crippen LogP contribution in [0.25, 0.3) is 0 Å². The van der Waals surface area contributed by atoms with E-state index in [9.17, 15) is 5.11 Å². The molecule has 0 saturated carbocycles. The standard InChI is InChI=1S/C11H15O/c1-8-6-5-7-9(10(8)12)11(2,3)4/h6-7,12H,1-4H3. The highest BCUT2D eigenvalue weighted by Crippen LogP contribution is 2.32. The lowest BCUT2D eigenvalue weighted by atomic mass is 9.85. The molecular weight excluding hydrogens is 148 g/mol. The zero-order valence-electron chi connectivity index (χ0n) is 8.10. The van der Waals surface area contributed by atoms with Gasteiger partial charge in [-0.15, -0.1) is 0 Å². The largest absolute Gasteiger partial charge is 0.507 e. The average Bonchev–Trinajstić information content (AvgIpc) is 1.92. The number of rotatable bonds is 0. The summed E-state index contributed by atoms with van der Waals surface area (Å²) in [4.78, 5) is 0. The predicted octanol–water partition coefficient (Wildman–Crippen LogP) is 2.80. The summed E-state index contributed by atoms with van der Waals surface area (Å²) in [6.45, 7) is 8.13. The molecule has 0 saturated heterocycles. The molecule has 1 radical (unpaired) electrons. The van der Waals surface area contributed by atoms with Crippen molar-refractivity contribution in [2.75, 3.05) is 0 Å². The Balaban J connectivity index is 3.26. The Morgan fingerprint density at radius 2 is 1.83 bits per heavy atom. The number of benzene rings is 1. The lowest BCUT2D eigenvalue weighted by Gasteiger charge is -2.20. The SMILES string of the molecule is Cc1c[c]cc(C(C)(C)C)c1O. The fraction of sp³-hybridized carbons (Fsp3) is 0.455. The van der Waals surface area contributed by atoms with Crippen LogP contribution in [0.5, 0.6) is 5.75 Å². The molecule has 65 valence electrons. The first-order valence-electron chi connectivity index (χ1n) is 4.13. The van der Waals surface area contributed by atoms with Gasteiger partial charge in [0.15, 0.2) is 0 Å². The van der Waals surface area contributed by atoms with Crippen LogP contribution in [0.4, 0.5) is 0 Å². The number of phenols is 1. The van der Waals surface area contributed by atoms with Gasteiger partial charge in [-0.3, -0.25) is 0 Å². The van der Waals surface area contributed by atoms with Crippen molar-refractivity contribution in [3.63, 3.8) is 0 Å². The van der Waals surface area contributed by atoms with Crippen LogP contribution in [0, 0.1) is 13.0 Å². The number of aromatic hydroxyl groups is 1. The van der Waals surface area contributed by atoms with Gasteiger partial charge in [0.05, 0.1) is 0 Å². The van der Waals surface area contributed by atoms with Crippen molar-refractivity contribution in [3.05, 3.63) is 29.3 Å². The molecule has 0 aliphatic rings. The highest BCUT2D eigenvalue weighted by molar-refractivity contribution is 5.42. The van der Waals surface area contributed by atoms with E-state index >= 15 is 0 Å². The molecule has 1 aromatic rings. The van der Waals surface area contributed by atoms with E-state index in [2.05, 4.69) is 26.8 Å². The summed E-state index contributed by atoms with van der Waals surface area (Å²) in [5.74, 6) is 0.404. The van der Waals surface area contributed by atoms with Crippen molar-refractivity contribution in [2.24, 2.45) is 0 Å². The molecule has 1 rings (SSSR count). The molecule has 0 bridgehead atoms. The minimum Gasteiger partial charge on any atom is -0.507 e. The van der Waals surface area contributed by atoms with Crippen LogP contribution in [0.2, 0.25) is 0 Å². The molecule has 0 heterocycles. The van der Waals surface area contributed by atoms with E-state index in [0.29, 0.717) is 5.75 Å². The second-order valence-electron chi connectivity index (χ2n) is 4.15. The number of aryl methyl sites for hydroxylation is 1. The fourth-order valence-electron chi connectivity index (χ4n) is 1.17. The van der Waals surface area contributed by atoms with E-state index in [1.807, 2.05) is 13.0 Å². The maximum Gasteiger partial charge on any atom is 0.122 e. The summed E-state index contributed by atoms with van der Waals surface area (Å²) < 4.78 is 0. The lowest BCUT2D eigenvalue weighted by molar-refractivity contribution is 0.443. The summed E-state index contributed by atoms with van der Waals surface area (Å²) >= 11 is 0. The molecule has 1 nitrogen and oxygen atoms in total. The first-order chi connectivity index (χ1) is 5.43. The molecule has 1 N–H and O–H groups in total. The maximum absolute atomic E-state index is 9.71. The Morgan fingerprint density at radius 1 is 1.25 bits per heavy atom. The van der Waals surface area contributed by atoms with Gasteiger partial charge in [0, 0.05) is 5.56 Å². The van der Waals surface area contributed by atoms with Gasteiger partial charge >= 0.3 is 0 Å². The number of hydrogen-bond donors (Lipinski definition) is 1. The van der Waals surface area contributed by atoms with Crippen molar-refractivity contribution in [1.29, 1.82) is 0 Å². The quantitative estimate of drug-likeness (QED) is 0.623. The van der Waals surface area contributed by atoms with Crippen LogP contribution >= 0.6 is 0 Å². The van der Waals surface area contributed by atoms with Crippen LogP contribution < -0.4 is 0 Å². The Kier molecular flexibility index (Phi) is 2.14. The van der Waals surface area contributed by atoms with Gasteiger partial charge in [0.25, 0.3) is 0 Å². The summed E-state index contributed by atoms with van der Waals surface area (Å²) in [5, 5.41) is 9.71. The van der Waals surface area contributed by atoms with Crippen molar-refractivity contribution >= 4 is 0 Å².